The van der Waals surface area contributed by atoms with Crippen molar-refractivity contribution in [3.8, 4) is 0 Å². The molecule has 2 heterocycles. The molecule has 2 aliphatic rings. The molecule has 0 aliphatic carbocycles. The van der Waals surface area contributed by atoms with Crippen LogP contribution in [0.25, 0.3) is 0 Å². The van der Waals surface area contributed by atoms with Crippen molar-refractivity contribution in [1.29, 1.82) is 0 Å². The Kier molecular flexibility index (Phi) is 7.31. The summed E-state index contributed by atoms with van der Waals surface area (Å²) in [5.74, 6) is 1.06. The Morgan fingerprint density at radius 3 is 2.54 bits per heavy atom. The molecule has 28 heavy (non-hydrogen) atoms. The number of amides is 3. The average molecular weight is 388 g/mol. The van der Waals surface area contributed by atoms with E-state index in [9.17, 15) is 9.59 Å². The Balaban J connectivity index is 1.43. The van der Waals surface area contributed by atoms with Gasteiger partial charge in [0.1, 0.15) is 0 Å². The predicted octanol–water partition coefficient (Wildman–Crippen LogP) is 3.00. The van der Waals surface area contributed by atoms with E-state index >= 15 is 0 Å². The zero-order chi connectivity index (χ0) is 19.9. The van der Waals surface area contributed by atoms with Gasteiger partial charge in [-0.2, -0.15) is 0 Å². The van der Waals surface area contributed by atoms with Crippen molar-refractivity contribution >= 4 is 11.9 Å². The Hall–Kier alpha value is -2.08. The van der Waals surface area contributed by atoms with Crippen molar-refractivity contribution in [2.24, 2.45) is 11.8 Å². The van der Waals surface area contributed by atoms with E-state index in [4.69, 9.17) is 4.74 Å². The Morgan fingerprint density at radius 2 is 1.86 bits per heavy atom. The molecule has 2 saturated heterocycles. The van der Waals surface area contributed by atoms with Crippen LogP contribution in [-0.2, 0) is 4.74 Å². The van der Waals surface area contributed by atoms with Crippen LogP contribution in [0.1, 0.15) is 43.5 Å². The quantitative estimate of drug-likeness (QED) is 0.845. The van der Waals surface area contributed by atoms with Crippen LogP contribution in [0.3, 0.4) is 0 Å². The first kappa shape index (κ1) is 20.6. The first-order valence-electron chi connectivity index (χ1n) is 10.5. The lowest BCUT2D eigenvalue weighted by Crippen LogP contribution is -2.53. The molecule has 1 atom stereocenters. The minimum absolute atomic E-state index is 0.0248. The molecule has 3 amide bonds. The fourth-order valence-corrected chi connectivity index (χ4v) is 4.10. The summed E-state index contributed by atoms with van der Waals surface area (Å²) < 4.78 is 5.57. The van der Waals surface area contributed by atoms with Crippen molar-refractivity contribution in [2.75, 3.05) is 39.4 Å². The molecule has 0 saturated carbocycles. The number of rotatable bonds is 5. The van der Waals surface area contributed by atoms with E-state index in [1.807, 2.05) is 40.1 Å². The van der Waals surface area contributed by atoms with E-state index < -0.39 is 0 Å². The van der Waals surface area contributed by atoms with Crippen LogP contribution >= 0.6 is 0 Å². The summed E-state index contributed by atoms with van der Waals surface area (Å²) in [6, 6.07) is 9.64. The third-order valence-corrected chi connectivity index (χ3v) is 5.70. The van der Waals surface area contributed by atoms with Gasteiger partial charge < -0.3 is 19.9 Å². The lowest BCUT2D eigenvalue weighted by Gasteiger charge is -2.37. The summed E-state index contributed by atoms with van der Waals surface area (Å²) in [5.41, 5.74) is 0.748. The Morgan fingerprint density at radius 1 is 1.14 bits per heavy atom. The maximum atomic E-state index is 12.7. The van der Waals surface area contributed by atoms with Crippen LogP contribution in [0, 0.1) is 11.8 Å². The van der Waals surface area contributed by atoms with Gasteiger partial charge in [0.2, 0.25) is 0 Å². The highest BCUT2D eigenvalue weighted by Crippen LogP contribution is 2.20. The molecule has 6 nitrogen and oxygen atoms in total. The van der Waals surface area contributed by atoms with Crippen molar-refractivity contribution in [3.63, 3.8) is 0 Å². The van der Waals surface area contributed by atoms with Gasteiger partial charge >= 0.3 is 6.03 Å². The number of carbonyl (C=O) groups is 2. The van der Waals surface area contributed by atoms with Gasteiger partial charge in [-0.3, -0.25) is 4.79 Å². The number of nitrogens with zero attached hydrogens (tertiary/aromatic N) is 2. The van der Waals surface area contributed by atoms with Gasteiger partial charge in [-0.25, -0.2) is 4.79 Å². The summed E-state index contributed by atoms with van der Waals surface area (Å²) in [6.07, 6.45) is 2.82. The summed E-state index contributed by atoms with van der Waals surface area (Å²) in [5, 5.41) is 3.13. The highest BCUT2D eigenvalue weighted by Gasteiger charge is 2.29. The minimum Gasteiger partial charge on any atom is -0.377 e. The van der Waals surface area contributed by atoms with Crippen LogP contribution in [-0.4, -0.2) is 67.2 Å². The maximum Gasteiger partial charge on any atom is 0.317 e. The average Bonchev–Trinajstić information content (AvgIpc) is 2.72. The van der Waals surface area contributed by atoms with Crippen LogP contribution < -0.4 is 5.32 Å². The van der Waals surface area contributed by atoms with Crippen LogP contribution in [0.5, 0.6) is 0 Å². The smallest absolute Gasteiger partial charge is 0.317 e. The Bertz CT molecular complexity index is 642. The van der Waals surface area contributed by atoms with Crippen molar-refractivity contribution < 1.29 is 14.3 Å². The number of likely N-dealkylation sites (tertiary alicyclic amines) is 1. The molecule has 6 heteroatoms. The molecule has 3 rings (SSSR count). The zero-order valence-electron chi connectivity index (χ0n) is 17.1. The van der Waals surface area contributed by atoms with Crippen LogP contribution in [0.2, 0.25) is 0 Å². The number of nitrogens with one attached hydrogen (secondary N) is 1. The van der Waals surface area contributed by atoms with Crippen LogP contribution in [0.15, 0.2) is 30.3 Å². The number of morpholine rings is 1. The number of hydrogen-bond donors (Lipinski definition) is 1. The summed E-state index contributed by atoms with van der Waals surface area (Å²) in [4.78, 5) is 29.1. The van der Waals surface area contributed by atoms with Gasteiger partial charge in [0.15, 0.2) is 0 Å². The molecule has 0 spiro atoms. The highest BCUT2D eigenvalue weighted by molar-refractivity contribution is 5.94. The normalized spacial score (nSPS) is 21.0. The molecule has 2 fully saturated rings. The molecule has 154 valence electrons. The van der Waals surface area contributed by atoms with Gasteiger partial charge in [0.25, 0.3) is 5.91 Å². The number of ether oxygens (including phenoxy) is 1. The third-order valence-electron chi connectivity index (χ3n) is 5.70. The van der Waals surface area contributed by atoms with Crippen molar-refractivity contribution in [3.05, 3.63) is 35.9 Å². The zero-order valence-corrected chi connectivity index (χ0v) is 17.1. The van der Waals surface area contributed by atoms with Crippen molar-refractivity contribution in [2.45, 2.75) is 39.2 Å². The second-order valence-electron chi connectivity index (χ2n) is 8.34. The second kappa shape index (κ2) is 9.92. The van der Waals surface area contributed by atoms with E-state index in [0.717, 1.165) is 37.9 Å². The molecule has 0 bridgehead atoms. The molecule has 0 radical (unpaired) electrons. The van der Waals surface area contributed by atoms with Gasteiger partial charge in [0, 0.05) is 31.7 Å². The molecule has 1 N–H and O–H groups in total. The number of piperidine rings is 1. The monoisotopic (exact) mass is 387 g/mol. The third kappa shape index (κ3) is 5.47. The van der Waals surface area contributed by atoms with E-state index in [1.54, 1.807) is 0 Å². The molecule has 0 aromatic heterocycles. The van der Waals surface area contributed by atoms with Gasteiger partial charge in [0.05, 0.1) is 19.3 Å². The highest BCUT2D eigenvalue weighted by atomic mass is 16.5. The van der Waals surface area contributed by atoms with Crippen molar-refractivity contribution in [1.82, 2.24) is 15.1 Å². The standard InChI is InChI=1S/C22H33N3O3/c1-17(2)14-20-16-28-13-12-25(20)22(27)23-15-18-8-10-24(11-9-18)21(26)19-6-4-3-5-7-19/h3-7,17-18,20H,8-16H2,1-2H3,(H,23,27)/t20-/m0/s1. The SMILES string of the molecule is CC(C)C[C@H]1COCCN1C(=O)NCC1CCN(C(=O)c2ccccc2)CC1. The molecule has 1 aromatic rings. The summed E-state index contributed by atoms with van der Waals surface area (Å²) >= 11 is 0. The summed E-state index contributed by atoms with van der Waals surface area (Å²) in [6.45, 7) is 8.44. The predicted molar refractivity (Wildman–Crippen MR) is 109 cm³/mol. The topological polar surface area (TPSA) is 61.9 Å². The summed E-state index contributed by atoms with van der Waals surface area (Å²) in [7, 11) is 0. The molecular formula is C22H33N3O3. The lowest BCUT2D eigenvalue weighted by atomic mass is 9.96. The van der Waals surface area contributed by atoms with E-state index in [1.165, 1.54) is 0 Å². The van der Waals surface area contributed by atoms with Gasteiger partial charge in [-0.1, -0.05) is 32.0 Å². The van der Waals surface area contributed by atoms with Gasteiger partial charge in [-0.15, -0.1) is 0 Å². The molecule has 2 aliphatic heterocycles. The number of benzene rings is 1. The van der Waals surface area contributed by atoms with Crippen LogP contribution in [0.4, 0.5) is 4.79 Å². The largest absolute Gasteiger partial charge is 0.377 e. The number of hydrogen-bond acceptors (Lipinski definition) is 3. The molecule has 0 unspecified atom stereocenters. The Labute approximate surface area is 168 Å². The molecule has 1 aromatic carbocycles. The lowest BCUT2D eigenvalue weighted by molar-refractivity contribution is 0.00526. The van der Waals surface area contributed by atoms with E-state index in [2.05, 4.69) is 19.2 Å². The fourth-order valence-electron chi connectivity index (χ4n) is 4.10. The fraction of sp³-hybridized carbons (Fsp3) is 0.636. The first-order chi connectivity index (χ1) is 13.5. The molecular weight excluding hydrogens is 354 g/mol. The van der Waals surface area contributed by atoms with Gasteiger partial charge in [-0.05, 0) is 43.2 Å². The number of urea groups is 1. The number of carbonyl (C=O) groups excluding carboxylic acids is 2. The second-order valence-corrected chi connectivity index (χ2v) is 8.34. The maximum absolute atomic E-state index is 12.7. The van der Waals surface area contributed by atoms with E-state index in [0.29, 0.717) is 38.1 Å². The minimum atomic E-state index is 0.0248. The van der Waals surface area contributed by atoms with E-state index in [-0.39, 0.29) is 18.0 Å². The first-order valence-corrected chi connectivity index (χ1v) is 10.5.